The number of amides is 1. The molecule has 3 aromatic rings. The molecule has 2 N–H and O–H groups in total. The molecule has 0 spiro atoms. The molecular formula is C16H15N5O. The predicted molar refractivity (Wildman–Crippen MR) is 83.4 cm³/mol. The fourth-order valence-corrected chi connectivity index (χ4v) is 1.98. The van der Waals surface area contributed by atoms with Gasteiger partial charge in [0.1, 0.15) is 0 Å². The van der Waals surface area contributed by atoms with Crippen molar-refractivity contribution in [3.05, 3.63) is 60.0 Å². The maximum Gasteiger partial charge on any atom is 0.260 e. The monoisotopic (exact) mass is 293 g/mol. The molecule has 0 radical (unpaired) electrons. The van der Waals surface area contributed by atoms with E-state index in [2.05, 4.69) is 25.5 Å². The van der Waals surface area contributed by atoms with Crippen molar-refractivity contribution in [2.45, 2.75) is 13.3 Å². The van der Waals surface area contributed by atoms with Gasteiger partial charge in [-0.1, -0.05) is 37.3 Å². The van der Waals surface area contributed by atoms with Crippen LogP contribution in [0.5, 0.6) is 0 Å². The molecule has 3 rings (SSSR count). The first-order chi connectivity index (χ1) is 10.8. The quantitative estimate of drug-likeness (QED) is 0.774. The van der Waals surface area contributed by atoms with Gasteiger partial charge in [-0.15, -0.1) is 0 Å². The second-order valence-corrected chi connectivity index (χ2v) is 4.75. The van der Waals surface area contributed by atoms with Crippen LogP contribution in [0.2, 0.25) is 0 Å². The number of nitrogens with zero attached hydrogens (tertiary/aromatic N) is 3. The van der Waals surface area contributed by atoms with E-state index in [4.69, 9.17) is 0 Å². The zero-order valence-corrected chi connectivity index (χ0v) is 12.1. The van der Waals surface area contributed by atoms with Crippen molar-refractivity contribution < 1.29 is 4.79 Å². The van der Waals surface area contributed by atoms with E-state index in [-0.39, 0.29) is 5.91 Å². The maximum atomic E-state index is 12.1. The molecule has 0 aliphatic heterocycles. The Hall–Kier alpha value is -3.02. The fourth-order valence-electron chi connectivity index (χ4n) is 1.98. The number of H-pyrrole nitrogens is 1. The van der Waals surface area contributed by atoms with Crippen molar-refractivity contribution in [2.75, 3.05) is 5.32 Å². The smallest absolute Gasteiger partial charge is 0.260 e. The number of aromatic amines is 1. The SMILES string of the molecule is CCc1cc(NC(=O)c2cnc(-c3ccccc3)nc2)n[nH]1. The van der Waals surface area contributed by atoms with Crippen LogP contribution in [-0.4, -0.2) is 26.1 Å². The Morgan fingerprint density at radius 1 is 1.18 bits per heavy atom. The van der Waals surface area contributed by atoms with Crippen LogP contribution >= 0.6 is 0 Å². The van der Waals surface area contributed by atoms with E-state index < -0.39 is 0 Å². The first kappa shape index (κ1) is 13.9. The van der Waals surface area contributed by atoms with E-state index in [1.807, 2.05) is 37.3 Å². The van der Waals surface area contributed by atoms with Crippen molar-refractivity contribution in [3.63, 3.8) is 0 Å². The first-order valence-electron chi connectivity index (χ1n) is 6.99. The minimum atomic E-state index is -0.284. The van der Waals surface area contributed by atoms with Crippen LogP contribution in [0.4, 0.5) is 5.82 Å². The lowest BCUT2D eigenvalue weighted by Gasteiger charge is -2.03. The first-order valence-corrected chi connectivity index (χ1v) is 6.99. The summed E-state index contributed by atoms with van der Waals surface area (Å²) in [6, 6.07) is 11.4. The zero-order chi connectivity index (χ0) is 15.4. The van der Waals surface area contributed by atoms with Crippen molar-refractivity contribution in [1.82, 2.24) is 20.2 Å². The second kappa shape index (κ2) is 6.17. The average Bonchev–Trinajstić information content (AvgIpc) is 3.03. The van der Waals surface area contributed by atoms with Gasteiger partial charge < -0.3 is 5.32 Å². The summed E-state index contributed by atoms with van der Waals surface area (Å²) in [7, 11) is 0. The molecule has 0 bridgehead atoms. The summed E-state index contributed by atoms with van der Waals surface area (Å²) >= 11 is 0. The summed E-state index contributed by atoms with van der Waals surface area (Å²) in [5, 5.41) is 9.58. The number of carbonyl (C=O) groups excluding carboxylic acids is 1. The van der Waals surface area contributed by atoms with Gasteiger partial charge in [0.05, 0.1) is 5.56 Å². The molecule has 6 nitrogen and oxygen atoms in total. The molecule has 0 fully saturated rings. The number of hydrogen-bond donors (Lipinski definition) is 2. The number of benzene rings is 1. The molecule has 0 aliphatic carbocycles. The Morgan fingerprint density at radius 3 is 2.55 bits per heavy atom. The molecule has 0 saturated carbocycles. The highest BCUT2D eigenvalue weighted by Gasteiger charge is 2.10. The predicted octanol–water partition coefficient (Wildman–Crippen LogP) is 2.68. The van der Waals surface area contributed by atoms with Crippen LogP contribution < -0.4 is 5.32 Å². The van der Waals surface area contributed by atoms with Crippen LogP contribution in [0, 0.1) is 0 Å². The van der Waals surface area contributed by atoms with Crippen LogP contribution in [0.1, 0.15) is 23.0 Å². The minimum absolute atomic E-state index is 0.284. The van der Waals surface area contributed by atoms with Gasteiger partial charge >= 0.3 is 0 Å². The van der Waals surface area contributed by atoms with Gasteiger partial charge in [0.25, 0.3) is 5.91 Å². The summed E-state index contributed by atoms with van der Waals surface area (Å²) in [6.07, 6.45) is 3.86. The van der Waals surface area contributed by atoms with Crippen molar-refractivity contribution in [1.29, 1.82) is 0 Å². The number of nitrogens with one attached hydrogen (secondary N) is 2. The molecule has 0 aliphatic rings. The van der Waals surface area contributed by atoms with E-state index >= 15 is 0 Å². The van der Waals surface area contributed by atoms with Crippen LogP contribution in [0.15, 0.2) is 48.8 Å². The molecule has 1 aromatic carbocycles. The summed E-state index contributed by atoms with van der Waals surface area (Å²) in [5.41, 5.74) is 2.26. The van der Waals surface area contributed by atoms with E-state index in [1.54, 1.807) is 6.07 Å². The molecule has 0 atom stereocenters. The average molecular weight is 293 g/mol. The topological polar surface area (TPSA) is 83.6 Å². The minimum Gasteiger partial charge on any atom is -0.305 e. The molecule has 2 heterocycles. The Bertz CT molecular complexity index is 765. The van der Waals surface area contributed by atoms with E-state index in [9.17, 15) is 4.79 Å². The summed E-state index contributed by atoms with van der Waals surface area (Å²) < 4.78 is 0. The van der Waals surface area contributed by atoms with Gasteiger partial charge in [-0.3, -0.25) is 9.89 Å². The Labute approximate surface area is 127 Å². The summed E-state index contributed by atoms with van der Waals surface area (Å²) in [5.74, 6) is 0.799. The van der Waals surface area contributed by atoms with Gasteiger partial charge in [0.15, 0.2) is 11.6 Å². The standard InChI is InChI=1S/C16H15N5O/c1-2-13-8-14(21-20-13)19-16(22)12-9-17-15(18-10-12)11-6-4-3-5-7-11/h3-10H,2H2,1H3,(H2,19,20,21,22). The largest absolute Gasteiger partial charge is 0.305 e. The fraction of sp³-hybridized carbons (Fsp3) is 0.125. The van der Waals surface area contributed by atoms with Gasteiger partial charge in [-0.05, 0) is 6.42 Å². The van der Waals surface area contributed by atoms with Crippen molar-refractivity contribution >= 4 is 11.7 Å². The lowest BCUT2D eigenvalue weighted by molar-refractivity contribution is 0.102. The van der Waals surface area contributed by atoms with Gasteiger partial charge in [0, 0.05) is 29.7 Å². The Morgan fingerprint density at radius 2 is 1.91 bits per heavy atom. The molecule has 22 heavy (non-hydrogen) atoms. The van der Waals surface area contributed by atoms with Crippen molar-refractivity contribution in [3.8, 4) is 11.4 Å². The summed E-state index contributed by atoms with van der Waals surface area (Å²) in [6.45, 7) is 2.01. The highest BCUT2D eigenvalue weighted by Crippen LogP contribution is 2.14. The maximum absolute atomic E-state index is 12.1. The number of anilines is 1. The third-order valence-corrected chi connectivity index (χ3v) is 3.20. The van der Waals surface area contributed by atoms with E-state index in [1.165, 1.54) is 12.4 Å². The Kier molecular flexibility index (Phi) is 3.91. The number of carbonyl (C=O) groups is 1. The van der Waals surface area contributed by atoms with E-state index in [0.29, 0.717) is 17.2 Å². The van der Waals surface area contributed by atoms with Crippen LogP contribution in [0.25, 0.3) is 11.4 Å². The van der Waals surface area contributed by atoms with Crippen LogP contribution in [0.3, 0.4) is 0 Å². The lowest BCUT2D eigenvalue weighted by Crippen LogP contribution is -2.13. The van der Waals surface area contributed by atoms with Gasteiger partial charge in [-0.25, -0.2) is 9.97 Å². The molecule has 0 saturated heterocycles. The third kappa shape index (κ3) is 3.01. The zero-order valence-electron chi connectivity index (χ0n) is 12.1. The highest BCUT2D eigenvalue weighted by molar-refractivity contribution is 6.03. The van der Waals surface area contributed by atoms with Gasteiger partial charge in [0.2, 0.25) is 0 Å². The Balaban J connectivity index is 1.73. The molecular weight excluding hydrogens is 278 g/mol. The number of aromatic nitrogens is 4. The third-order valence-electron chi connectivity index (χ3n) is 3.20. The van der Waals surface area contributed by atoms with E-state index in [0.717, 1.165) is 17.7 Å². The molecule has 2 aromatic heterocycles. The summed E-state index contributed by atoms with van der Waals surface area (Å²) in [4.78, 5) is 20.6. The van der Waals surface area contributed by atoms with Gasteiger partial charge in [-0.2, -0.15) is 5.10 Å². The number of rotatable bonds is 4. The lowest BCUT2D eigenvalue weighted by atomic mass is 10.2. The highest BCUT2D eigenvalue weighted by atomic mass is 16.1. The molecule has 0 unspecified atom stereocenters. The second-order valence-electron chi connectivity index (χ2n) is 4.75. The van der Waals surface area contributed by atoms with Crippen LogP contribution in [-0.2, 0) is 6.42 Å². The number of aryl methyl sites for hydroxylation is 1. The number of hydrogen-bond acceptors (Lipinski definition) is 4. The van der Waals surface area contributed by atoms with Crippen molar-refractivity contribution in [2.24, 2.45) is 0 Å². The molecule has 1 amide bonds. The molecule has 6 heteroatoms. The molecule has 110 valence electrons. The normalized spacial score (nSPS) is 10.4.